The van der Waals surface area contributed by atoms with Gasteiger partial charge in [0.15, 0.2) is 11.5 Å². The van der Waals surface area contributed by atoms with Gasteiger partial charge in [-0.15, -0.1) is 0 Å². The number of ether oxygens (including phenoxy) is 6. The van der Waals surface area contributed by atoms with Crippen LogP contribution in [0.4, 0.5) is 0 Å². The van der Waals surface area contributed by atoms with Crippen LogP contribution in [0, 0.1) is 0 Å². The number of aromatic carboxylic acids is 1. The summed E-state index contributed by atoms with van der Waals surface area (Å²) in [6, 6.07) is 2.38. The Kier molecular flexibility index (Phi) is 15.0. The van der Waals surface area contributed by atoms with Crippen LogP contribution >= 0.6 is 0 Å². The number of carbonyl (C=O) groups is 1. The molecule has 3 aliphatic rings. The van der Waals surface area contributed by atoms with E-state index in [1.54, 1.807) is 20.8 Å². The molecule has 0 aliphatic carbocycles. The van der Waals surface area contributed by atoms with E-state index in [0.717, 1.165) is 0 Å². The summed E-state index contributed by atoms with van der Waals surface area (Å²) in [5, 5.41) is 102. The number of hydrogen-bond donors (Lipinski definition) is 10. The van der Waals surface area contributed by atoms with Crippen molar-refractivity contribution in [1.82, 2.24) is 0 Å². The van der Waals surface area contributed by atoms with Gasteiger partial charge in [0.1, 0.15) is 74.8 Å². The molecule has 3 aliphatic heterocycles. The summed E-state index contributed by atoms with van der Waals surface area (Å²) in [4.78, 5) is 12.2. The summed E-state index contributed by atoms with van der Waals surface area (Å²) >= 11 is 0. The normalized spacial score (nSPS) is 36.9. The summed E-state index contributed by atoms with van der Waals surface area (Å²) in [6.07, 6.45) is -17.6. The van der Waals surface area contributed by atoms with Gasteiger partial charge >= 0.3 is 5.97 Å². The van der Waals surface area contributed by atoms with Gasteiger partial charge < -0.3 is 79.5 Å². The molecule has 10 N–H and O–H groups in total. The van der Waals surface area contributed by atoms with E-state index >= 15 is 0 Å². The molecule has 0 aromatic heterocycles. The van der Waals surface area contributed by atoms with Crippen LogP contribution in [0.3, 0.4) is 0 Å². The minimum Gasteiger partial charge on any atom is -0.485 e. The fourth-order valence-electron chi connectivity index (χ4n) is 6.54. The standard InChI is InChI=1S/C37H54O17/c1-15(7-22-30(41)33(44)27(38)18(4)52-22)12-49-25-10-21(37(47)48)11-26(50-13-16(2)8-23-31(42)34(45)28(39)19(5)53-23)36(25)51-14-17(3)9-24-32(43)35(46)29(40)20(6)54-24/h10-11,18-20,22-24,27-35,38-46H,1-3,7-9,12-14H2,4-6H3,(H,47,48)/t18-,19-,20-,22-,23-,24-,27+,28+,29+,30+,31+,32+,33+,34?,35+/m0/s1. The average molecular weight is 771 g/mol. The van der Waals surface area contributed by atoms with Gasteiger partial charge in [0.2, 0.25) is 5.75 Å². The molecule has 3 fully saturated rings. The Labute approximate surface area is 312 Å². The molecular formula is C37H54O17. The highest BCUT2D eigenvalue weighted by atomic mass is 16.6. The first kappa shape index (κ1) is 43.6. The fourth-order valence-corrected chi connectivity index (χ4v) is 6.54. The molecule has 15 atom stereocenters. The number of carboxylic acid groups (broad SMARTS) is 1. The first-order chi connectivity index (χ1) is 25.3. The zero-order chi connectivity index (χ0) is 40.2. The molecular weight excluding hydrogens is 716 g/mol. The zero-order valence-corrected chi connectivity index (χ0v) is 30.5. The van der Waals surface area contributed by atoms with Crippen LogP contribution in [-0.2, 0) is 14.2 Å². The topological polar surface area (TPSA) is 275 Å². The van der Waals surface area contributed by atoms with Gasteiger partial charge in [-0.1, -0.05) is 19.7 Å². The Hall–Kier alpha value is -3.17. The Morgan fingerprint density at radius 3 is 1.13 bits per heavy atom. The first-order valence-electron chi connectivity index (χ1n) is 17.7. The second-order valence-corrected chi connectivity index (χ2v) is 14.4. The number of rotatable bonds is 16. The smallest absolute Gasteiger partial charge is 0.335 e. The van der Waals surface area contributed by atoms with Crippen LogP contribution in [0.15, 0.2) is 48.6 Å². The van der Waals surface area contributed by atoms with E-state index in [2.05, 4.69) is 19.7 Å². The van der Waals surface area contributed by atoms with Gasteiger partial charge in [-0.25, -0.2) is 4.79 Å². The van der Waals surface area contributed by atoms with Crippen LogP contribution in [0.2, 0.25) is 0 Å². The van der Waals surface area contributed by atoms with Crippen LogP contribution in [0.5, 0.6) is 17.2 Å². The highest BCUT2D eigenvalue weighted by Crippen LogP contribution is 2.41. The molecule has 1 aromatic carbocycles. The van der Waals surface area contributed by atoms with Crippen LogP contribution in [-0.4, -0.2) is 168 Å². The molecule has 54 heavy (non-hydrogen) atoms. The maximum absolute atomic E-state index is 12.2. The van der Waals surface area contributed by atoms with Gasteiger partial charge in [0.05, 0.1) is 42.2 Å². The Morgan fingerprint density at radius 2 is 0.833 bits per heavy atom. The largest absolute Gasteiger partial charge is 0.485 e. The maximum atomic E-state index is 12.2. The molecule has 1 unspecified atom stereocenters. The molecule has 1 aromatic rings. The van der Waals surface area contributed by atoms with Crippen LogP contribution < -0.4 is 14.2 Å². The van der Waals surface area contributed by atoms with E-state index in [9.17, 15) is 55.9 Å². The Balaban J connectivity index is 1.54. The van der Waals surface area contributed by atoms with Gasteiger partial charge in [0.25, 0.3) is 0 Å². The highest BCUT2D eigenvalue weighted by Gasteiger charge is 2.44. The monoisotopic (exact) mass is 770 g/mol. The van der Waals surface area contributed by atoms with E-state index in [1.807, 2.05) is 0 Å². The maximum Gasteiger partial charge on any atom is 0.335 e. The molecule has 0 spiro atoms. The molecule has 0 amide bonds. The SMILES string of the molecule is C=C(COc1cc(C(=O)O)cc(OCC(=C)C[C@@H]2O[C@@H](C)[C@@H](O)C(O)[C@@H]2O)c1OCC(=C)C[C@@H]1O[C@@H](C)[C@@H](O)[C@@H](O)[C@@H]1O)C[C@@H]1O[C@@H](C)[C@@H](O)[C@@H](O)[C@@H]1O. The zero-order valence-electron chi connectivity index (χ0n) is 30.5. The van der Waals surface area contributed by atoms with Crippen molar-refractivity contribution in [3.63, 3.8) is 0 Å². The van der Waals surface area contributed by atoms with Crippen molar-refractivity contribution in [2.75, 3.05) is 19.8 Å². The minimum absolute atomic E-state index is 0.00615. The van der Waals surface area contributed by atoms with Gasteiger partial charge in [-0.05, 0) is 49.6 Å². The first-order valence-corrected chi connectivity index (χ1v) is 17.7. The second-order valence-electron chi connectivity index (χ2n) is 14.4. The van der Waals surface area contributed by atoms with Gasteiger partial charge in [-0.2, -0.15) is 0 Å². The van der Waals surface area contributed by atoms with E-state index in [-0.39, 0.29) is 61.9 Å². The van der Waals surface area contributed by atoms with Crippen LogP contribution in [0.25, 0.3) is 0 Å². The number of benzene rings is 1. The van der Waals surface area contributed by atoms with E-state index < -0.39 is 97.5 Å². The third kappa shape index (κ3) is 10.4. The molecule has 17 nitrogen and oxygen atoms in total. The highest BCUT2D eigenvalue weighted by molar-refractivity contribution is 5.89. The van der Waals surface area contributed by atoms with Crippen LogP contribution in [0.1, 0.15) is 50.4 Å². The predicted molar refractivity (Wildman–Crippen MR) is 188 cm³/mol. The summed E-state index contributed by atoms with van der Waals surface area (Å²) in [5.74, 6) is -1.61. The molecule has 4 rings (SSSR count). The second kappa shape index (κ2) is 18.6. The van der Waals surface area contributed by atoms with E-state index in [4.69, 9.17) is 28.4 Å². The summed E-state index contributed by atoms with van der Waals surface area (Å²) in [6.45, 7) is 15.8. The quantitative estimate of drug-likeness (QED) is 0.0900. The van der Waals surface area contributed by atoms with Crippen molar-refractivity contribution in [2.45, 2.75) is 132 Å². The molecule has 0 saturated carbocycles. The number of aliphatic hydroxyl groups excluding tert-OH is 9. The summed E-state index contributed by atoms with van der Waals surface area (Å²) in [7, 11) is 0. The van der Waals surface area contributed by atoms with Gasteiger partial charge in [0, 0.05) is 19.3 Å². The third-order valence-corrected chi connectivity index (χ3v) is 9.87. The molecule has 3 heterocycles. The number of hydrogen-bond acceptors (Lipinski definition) is 16. The van der Waals surface area contributed by atoms with Crippen molar-refractivity contribution >= 4 is 5.97 Å². The van der Waals surface area contributed by atoms with Crippen molar-refractivity contribution < 1.29 is 84.3 Å². The minimum atomic E-state index is -1.45. The average Bonchev–Trinajstić information content (AvgIpc) is 3.12. The summed E-state index contributed by atoms with van der Waals surface area (Å²) < 4.78 is 35.1. The molecule has 0 radical (unpaired) electrons. The van der Waals surface area contributed by atoms with Gasteiger partial charge in [-0.3, -0.25) is 0 Å². The lowest BCUT2D eigenvalue weighted by Crippen LogP contribution is -2.56. The van der Waals surface area contributed by atoms with Crippen molar-refractivity contribution in [3.05, 3.63) is 54.2 Å². The lowest BCUT2D eigenvalue weighted by Gasteiger charge is -2.39. The van der Waals surface area contributed by atoms with Crippen molar-refractivity contribution in [3.8, 4) is 17.2 Å². The molecule has 0 bridgehead atoms. The Bertz CT molecular complexity index is 1410. The number of carboxylic acids is 1. The lowest BCUT2D eigenvalue weighted by atomic mass is 9.92. The number of aliphatic hydroxyl groups is 9. The third-order valence-electron chi connectivity index (χ3n) is 9.87. The summed E-state index contributed by atoms with van der Waals surface area (Å²) in [5.41, 5.74) is 0.858. The predicted octanol–water partition coefficient (Wildman–Crippen LogP) is -1.03. The van der Waals surface area contributed by atoms with Crippen molar-refractivity contribution in [2.24, 2.45) is 0 Å². The fraction of sp³-hybridized carbons (Fsp3) is 0.649. The van der Waals surface area contributed by atoms with E-state index in [1.165, 1.54) is 12.1 Å². The molecule has 17 heteroatoms. The van der Waals surface area contributed by atoms with Crippen molar-refractivity contribution in [1.29, 1.82) is 0 Å². The van der Waals surface area contributed by atoms with E-state index in [0.29, 0.717) is 16.7 Å². The molecule has 304 valence electrons. The lowest BCUT2D eigenvalue weighted by molar-refractivity contribution is -0.216. The molecule has 3 saturated heterocycles. The Morgan fingerprint density at radius 1 is 0.537 bits per heavy atom.